The number of unbranched alkanes of at least 4 members (excludes halogenated alkanes) is 1. The zero-order chi connectivity index (χ0) is 13.5. The van der Waals surface area contributed by atoms with Gasteiger partial charge in [-0.25, -0.2) is 4.79 Å². The highest BCUT2D eigenvalue weighted by molar-refractivity contribution is 6.01. The van der Waals surface area contributed by atoms with Crippen LogP contribution in [0.3, 0.4) is 0 Å². The summed E-state index contributed by atoms with van der Waals surface area (Å²) in [4.78, 5) is 36.8. The molecule has 1 saturated heterocycles. The Labute approximate surface area is 107 Å². The molecule has 0 aromatic heterocycles. The second-order valence-electron chi connectivity index (χ2n) is 4.36. The Bertz CT molecular complexity index is 330. The number of urea groups is 1. The van der Waals surface area contributed by atoms with Crippen molar-refractivity contribution in [3.63, 3.8) is 0 Å². The molecule has 0 aliphatic carbocycles. The number of esters is 1. The van der Waals surface area contributed by atoms with Crippen molar-refractivity contribution in [2.45, 2.75) is 32.6 Å². The second-order valence-corrected chi connectivity index (χ2v) is 4.36. The first-order valence-corrected chi connectivity index (χ1v) is 6.27. The number of hydrogen-bond donors (Lipinski definition) is 0. The second kappa shape index (κ2) is 6.98. The Kier molecular flexibility index (Phi) is 5.61. The van der Waals surface area contributed by atoms with Crippen LogP contribution in [-0.4, -0.2) is 54.5 Å². The molecule has 1 fully saturated rings. The Morgan fingerprint density at radius 1 is 1.33 bits per heavy atom. The van der Waals surface area contributed by atoms with Crippen molar-refractivity contribution in [3.8, 4) is 0 Å². The number of rotatable bonds is 7. The summed E-state index contributed by atoms with van der Waals surface area (Å²) >= 11 is 0. The van der Waals surface area contributed by atoms with Gasteiger partial charge in [-0.1, -0.05) is 13.3 Å². The minimum absolute atomic E-state index is 0.125. The SMILES string of the molecule is CCCCOC(=O)CCCN1C(=O)CN(C)C1=O. The summed E-state index contributed by atoms with van der Waals surface area (Å²) in [7, 11) is 1.58. The number of nitrogens with zero attached hydrogens (tertiary/aromatic N) is 2. The number of ether oxygens (including phenoxy) is 1. The molecule has 0 aromatic carbocycles. The Morgan fingerprint density at radius 2 is 2.06 bits per heavy atom. The Morgan fingerprint density at radius 3 is 2.61 bits per heavy atom. The summed E-state index contributed by atoms with van der Waals surface area (Å²) in [5.41, 5.74) is 0. The number of likely N-dealkylation sites (N-methyl/N-ethyl adjacent to an activating group) is 1. The minimum atomic E-state index is -0.292. The van der Waals surface area contributed by atoms with Gasteiger partial charge >= 0.3 is 12.0 Å². The molecule has 0 atom stereocenters. The van der Waals surface area contributed by atoms with Crippen molar-refractivity contribution < 1.29 is 19.1 Å². The molecule has 1 aliphatic rings. The van der Waals surface area contributed by atoms with Crippen molar-refractivity contribution in [2.24, 2.45) is 0 Å². The van der Waals surface area contributed by atoms with Gasteiger partial charge in [0.2, 0.25) is 5.91 Å². The number of hydrogen-bond acceptors (Lipinski definition) is 4. The molecule has 102 valence electrons. The van der Waals surface area contributed by atoms with Crippen molar-refractivity contribution >= 4 is 17.9 Å². The van der Waals surface area contributed by atoms with Crippen LogP contribution in [0.15, 0.2) is 0 Å². The lowest BCUT2D eigenvalue weighted by atomic mass is 10.3. The largest absolute Gasteiger partial charge is 0.466 e. The Hall–Kier alpha value is -1.59. The summed E-state index contributed by atoms with van der Waals surface area (Å²) in [5.74, 6) is -0.474. The van der Waals surface area contributed by atoms with Crippen LogP contribution in [0.2, 0.25) is 0 Å². The smallest absolute Gasteiger partial charge is 0.326 e. The van der Waals surface area contributed by atoms with Gasteiger partial charge in [0.05, 0.1) is 6.61 Å². The van der Waals surface area contributed by atoms with Gasteiger partial charge in [-0.15, -0.1) is 0 Å². The molecule has 1 rings (SSSR count). The van der Waals surface area contributed by atoms with E-state index in [-0.39, 0.29) is 37.4 Å². The summed E-state index contributed by atoms with van der Waals surface area (Å²) in [6.45, 7) is 2.87. The van der Waals surface area contributed by atoms with Crippen molar-refractivity contribution in [1.82, 2.24) is 9.80 Å². The monoisotopic (exact) mass is 256 g/mol. The van der Waals surface area contributed by atoms with Crippen LogP contribution in [-0.2, 0) is 14.3 Å². The molecule has 1 heterocycles. The van der Waals surface area contributed by atoms with Crippen LogP contribution in [0.5, 0.6) is 0 Å². The molecule has 1 aliphatic heterocycles. The molecule has 0 spiro atoms. The number of imide groups is 1. The fraction of sp³-hybridized carbons (Fsp3) is 0.750. The van der Waals surface area contributed by atoms with Gasteiger partial charge in [0.15, 0.2) is 0 Å². The lowest BCUT2D eigenvalue weighted by molar-refractivity contribution is -0.144. The van der Waals surface area contributed by atoms with Gasteiger partial charge in [0.1, 0.15) is 6.54 Å². The van der Waals surface area contributed by atoms with E-state index in [1.165, 1.54) is 9.80 Å². The highest BCUT2D eigenvalue weighted by Gasteiger charge is 2.32. The van der Waals surface area contributed by atoms with Crippen molar-refractivity contribution in [3.05, 3.63) is 0 Å². The molecule has 0 bridgehead atoms. The summed E-state index contributed by atoms with van der Waals surface area (Å²) in [5, 5.41) is 0. The molecule has 6 heteroatoms. The third kappa shape index (κ3) is 4.01. The van der Waals surface area contributed by atoms with Gasteiger partial charge in [0, 0.05) is 20.0 Å². The molecule has 0 N–H and O–H groups in total. The van der Waals surface area contributed by atoms with E-state index in [1.54, 1.807) is 7.05 Å². The van der Waals surface area contributed by atoms with E-state index < -0.39 is 0 Å². The van der Waals surface area contributed by atoms with E-state index in [4.69, 9.17) is 4.74 Å². The van der Waals surface area contributed by atoms with Crippen molar-refractivity contribution in [2.75, 3.05) is 26.7 Å². The van der Waals surface area contributed by atoms with Crippen LogP contribution in [0, 0.1) is 0 Å². The van der Waals surface area contributed by atoms with Crippen LogP contribution < -0.4 is 0 Å². The first-order valence-electron chi connectivity index (χ1n) is 6.27. The van der Waals surface area contributed by atoms with Gasteiger partial charge in [-0.2, -0.15) is 0 Å². The zero-order valence-corrected chi connectivity index (χ0v) is 11.0. The fourth-order valence-electron chi connectivity index (χ4n) is 1.67. The molecule has 18 heavy (non-hydrogen) atoms. The molecule has 0 unspecified atom stereocenters. The highest BCUT2D eigenvalue weighted by atomic mass is 16.5. The van der Waals surface area contributed by atoms with E-state index in [9.17, 15) is 14.4 Å². The third-order valence-corrected chi connectivity index (χ3v) is 2.75. The van der Waals surface area contributed by atoms with Crippen LogP contribution in [0.1, 0.15) is 32.6 Å². The molecule has 6 nitrogen and oxygen atoms in total. The first-order chi connectivity index (χ1) is 8.56. The quantitative estimate of drug-likeness (QED) is 0.387. The standard InChI is InChI=1S/C12H20N2O4/c1-3-4-8-18-11(16)6-5-7-14-10(15)9-13(2)12(14)17/h3-9H2,1-2H3. The maximum Gasteiger partial charge on any atom is 0.326 e. The van der Waals surface area contributed by atoms with Gasteiger partial charge < -0.3 is 9.64 Å². The number of amides is 3. The normalized spacial score (nSPS) is 15.4. The van der Waals surface area contributed by atoms with E-state index in [0.29, 0.717) is 13.0 Å². The molecule has 0 radical (unpaired) electrons. The fourth-order valence-corrected chi connectivity index (χ4v) is 1.67. The predicted molar refractivity (Wildman–Crippen MR) is 64.8 cm³/mol. The maximum atomic E-state index is 11.5. The lowest BCUT2D eigenvalue weighted by Gasteiger charge is -2.13. The van der Waals surface area contributed by atoms with E-state index >= 15 is 0 Å². The van der Waals surface area contributed by atoms with E-state index in [2.05, 4.69) is 0 Å². The van der Waals surface area contributed by atoms with Gasteiger partial charge in [0.25, 0.3) is 0 Å². The third-order valence-electron chi connectivity index (χ3n) is 2.75. The van der Waals surface area contributed by atoms with Crippen LogP contribution in [0.4, 0.5) is 4.79 Å². The van der Waals surface area contributed by atoms with Gasteiger partial charge in [-0.05, 0) is 12.8 Å². The Balaban J connectivity index is 2.19. The summed E-state index contributed by atoms with van der Waals surface area (Å²) in [6, 6.07) is -0.292. The zero-order valence-electron chi connectivity index (χ0n) is 11.0. The van der Waals surface area contributed by atoms with E-state index in [1.807, 2.05) is 6.92 Å². The predicted octanol–water partition coefficient (Wildman–Crippen LogP) is 1.00. The molecule has 0 aromatic rings. The summed E-state index contributed by atoms with van der Waals surface area (Å²) < 4.78 is 4.98. The topological polar surface area (TPSA) is 66.9 Å². The average Bonchev–Trinajstić information content (AvgIpc) is 2.56. The number of carbonyl (C=O) groups is 3. The maximum absolute atomic E-state index is 11.5. The van der Waals surface area contributed by atoms with Crippen LogP contribution >= 0.6 is 0 Å². The highest BCUT2D eigenvalue weighted by Crippen LogP contribution is 2.09. The minimum Gasteiger partial charge on any atom is -0.466 e. The summed E-state index contributed by atoms with van der Waals surface area (Å²) in [6.07, 6.45) is 2.54. The lowest BCUT2D eigenvalue weighted by Crippen LogP contribution is -2.32. The van der Waals surface area contributed by atoms with Gasteiger partial charge in [-0.3, -0.25) is 14.5 Å². The molecular weight excluding hydrogens is 236 g/mol. The molecule has 0 saturated carbocycles. The number of carbonyl (C=O) groups excluding carboxylic acids is 3. The first kappa shape index (κ1) is 14.5. The van der Waals surface area contributed by atoms with Crippen LogP contribution in [0.25, 0.3) is 0 Å². The molecular formula is C12H20N2O4. The van der Waals surface area contributed by atoms with E-state index in [0.717, 1.165) is 12.8 Å². The average molecular weight is 256 g/mol. The molecule has 3 amide bonds. The van der Waals surface area contributed by atoms with Crippen molar-refractivity contribution in [1.29, 1.82) is 0 Å².